The zero-order valence-corrected chi connectivity index (χ0v) is 29.2. The lowest BCUT2D eigenvalue weighted by molar-refractivity contribution is -0.149. The van der Waals surface area contributed by atoms with E-state index in [0.29, 0.717) is 11.4 Å². The molecule has 3 rings (SSSR count). The third-order valence-electron chi connectivity index (χ3n) is 8.68. The highest BCUT2D eigenvalue weighted by Crippen LogP contribution is 2.30. The molecule has 3 N–H and O–H groups in total. The lowest BCUT2D eigenvalue weighted by atomic mass is 9.95. The van der Waals surface area contributed by atoms with E-state index in [1.807, 2.05) is 56.1 Å². The number of aliphatic carboxylic acids is 1. The van der Waals surface area contributed by atoms with E-state index in [1.165, 1.54) is 18.3 Å². The van der Waals surface area contributed by atoms with Gasteiger partial charge in [-0.3, -0.25) is 28.9 Å². The number of nitrogens with zero attached hydrogens (tertiary/aromatic N) is 3. The molecule has 1 aromatic carbocycles. The number of esters is 1. The van der Waals surface area contributed by atoms with Gasteiger partial charge in [-0.1, -0.05) is 51.1 Å². The van der Waals surface area contributed by atoms with Crippen molar-refractivity contribution in [3.8, 4) is 0 Å². The van der Waals surface area contributed by atoms with Crippen LogP contribution < -0.4 is 10.6 Å². The number of carboxylic acid groups (broad SMARTS) is 1. The Morgan fingerprint density at radius 1 is 1.09 bits per heavy atom. The molecule has 3 amide bonds. The topological polar surface area (TPSA) is 158 Å². The van der Waals surface area contributed by atoms with Crippen molar-refractivity contribution in [3.05, 3.63) is 52.0 Å². The van der Waals surface area contributed by atoms with Crippen LogP contribution in [0.15, 0.2) is 35.7 Å². The number of hydrogen-bond donors (Lipinski definition) is 3. The van der Waals surface area contributed by atoms with Gasteiger partial charge in [0.05, 0.1) is 12.0 Å². The Morgan fingerprint density at radius 2 is 1.77 bits per heavy atom. The average Bonchev–Trinajstić information content (AvgIpc) is 3.68. The molecule has 0 unspecified atom stereocenters. The van der Waals surface area contributed by atoms with E-state index in [-0.39, 0.29) is 48.4 Å². The van der Waals surface area contributed by atoms with E-state index in [2.05, 4.69) is 15.6 Å². The summed E-state index contributed by atoms with van der Waals surface area (Å²) >= 11 is 1.17. The maximum Gasteiger partial charge on any atom is 0.306 e. The summed E-state index contributed by atoms with van der Waals surface area (Å²) in [5.74, 6) is -3.08. The zero-order chi connectivity index (χ0) is 34.8. The fourth-order valence-electron chi connectivity index (χ4n) is 6.00. The zero-order valence-electron chi connectivity index (χ0n) is 28.4. The number of thiazole rings is 1. The summed E-state index contributed by atoms with van der Waals surface area (Å²) in [7, 11) is 3.57. The number of aromatic nitrogens is 1. The first kappa shape index (κ1) is 37.6. The van der Waals surface area contributed by atoms with Crippen molar-refractivity contribution in [2.75, 3.05) is 20.6 Å². The van der Waals surface area contributed by atoms with Gasteiger partial charge in [0, 0.05) is 37.9 Å². The monoisotopic (exact) mass is 671 g/mol. The van der Waals surface area contributed by atoms with Crippen molar-refractivity contribution in [3.63, 3.8) is 0 Å². The standard InChI is InChI=1S/C34H49N5O7S/c1-20(2)28(39(7)33(43)22(4)35-31(42)27-14-11-15-38(27)6)18-29(46-23(5)40)32-37-26(19-47-32)30(41)36-25(16-21(3)34(44)45)17-24-12-9-8-10-13-24/h8-10,12-13,19-22,25,27-29H,11,14-18H2,1-7H3,(H,35,42)(H,36,41)(H,44,45)/t21-,22-,25+,27+,28+,29+/m0/s1. The summed E-state index contributed by atoms with van der Waals surface area (Å²) in [4.78, 5) is 71.5. The molecule has 1 aliphatic heterocycles. The summed E-state index contributed by atoms with van der Waals surface area (Å²) in [5.41, 5.74) is 1.09. The summed E-state index contributed by atoms with van der Waals surface area (Å²) in [5, 5.41) is 17.3. The quantitative estimate of drug-likeness (QED) is 0.227. The summed E-state index contributed by atoms with van der Waals surface area (Å²) in [6, 6.07) is 7.67. The number of carbonyl (C=O) groups is 5. The van der Waals surface area contributed by atoms with Gasteiger partial charge in [-0.25, -0.2) is 4.98 Å². The molecule has 0 bridgehead atoms. The summed E-state index contributed by atoms with van der Waals surface area (Å²) < 4.78 is 5.68. The van der Waals surface area contributed by atoms with Gasteiger partial charge in [-0.15, -0.1) is 11.3 Å². The molecule has 1 saturated heterocycles. The Hall–Kier alpha value is -3.84. The first-order chi connectivity index (χ1) is 22.2. The van der Waals surface area contributed by atoms with Crippen LogP contribution in [0, 0.1) is 11.8 Å². The number of carboxylic acids is 1. The second-order valence-electron chi connectivity index (χ2n) is 12.9. The van der Waals surface area contributed by atoms with Crippen LogP contribution >= 0.6 is 11.3 Å². The predicted molar refractivity (Wildman–Crippen MR) is 179 cm³/mol. The molecule has 6 atom stereocenters. The number of rotatable bonds is 16. The minimum absolute atomic E-state index is 0.0384. The van der Waals surface area contributed by atoms with Crippen molar-refractivity contribution in [1.82, 2.24) is 25.4 Å². The van der Waals surface area contributed by atoms with E-state index >= 15 is 0 Å². The van der Waals surface area contributed by atoms with Crippen molar-refractivity contribution in [2.45, 2.75) is 97.0 Å². The number of likely N-dealkylation sites (tertiary alicyclic amines) is 1. The van der Waals surface area contributed by atoms with Gasteiger partial charge in [0.2, 0.25) is 11.8 Å². The first-order valence-corrected chi connectivity index (χ1v) is 17.0. The largest absolute Gasteiger partial charge is 0.481 e. The van der Waals surface area contributed by atoms with Gasteiger partial charge in [-0.2, -0.15) is 0 Å². The fraction of sp³-hybridized carbons (Fsp3) is 0.588. The van der Waals surface area contributed by atoms with Gasteiger partial charge >= 0.3 is 11.9 Å². The summed E-state index contributed by atoms with van der Waals surface area (Å²) in [6.07, 6.45) is 1.76. The summed E-state index contributed by atoms with van der Waals surface area (Å²) in [6.45, 7) is 9.32. The third-order valence-corrected chi connectivity index (χ3v) is 9.62. The second-order valence-corrected chi connectivity index (χ2v) is 13.8. The van der Waals surface area contributed by atoms with E-state index in [4.69, 9.17) is 4.74 Å². The SMILES string of the molecule is CC(=O)O[C@H](C[C@H](C(C)C)N(C)C(=O)[C@H](C)NC(=O)[C@H]1CCCN1C)c1nc(C(=O)N[C@@H](Cc2ccccc2)C[C@H](C)C(=O)O)cs1. The maximum atomic E-state index is 13.5. The van der Waals surface area contributed by atoms with Gasteiger partial charge in [0.25, 0.3) is 5.91 Å². The molecule has 0 radical (unpaired) electrons. The van der Waals surface area contributed by atoms with E-state index in [1.54, 1.807) is 31.2 Å². The Balaban J connectivity index is 1.74. The molecular formula is C34H49N5O7S. The third kappa shape index (κ3) is 10.9. The number of benzene rings is 1. The number of ether oxygens (including phenoxy) is 1. The molecule has 1 aliphatic rings. The van der Waals surface area contributed by atoms with Crippen molar-refractivity contribution < 1.29 is 33.8 Å². The maximum absolute atomic E-state index is 13.5. The molecule has 0 aliphatic carbocycles. The highest BCUT2D eigenvalue weighted by molar-refractivity contribution is 7.09. The molecule has 0 spiro atoms. The molecule has 13 heteroatoms. The van der Waals surface area contributed by atoms with Crippen LogP contribution in [0.25, 0.3) is 0 Å². The number of carbonyl (C=O) groups excluding carboxylic acids is 4. The number of nitrogens with one attached hydrogen (secondary N) is 2. The van der Waals surface area contributed by atoms with Crippen LogP contribution in [0.5, 0.6) is 0 Å². The minimum atomic E-state index is -0.946. The number of likely N-dealkylation sites (N-methyl/N-ethyl adjacent to an activating group) is 2. The Kier molecular flexibility index (Phi) is 13.9. The van der Waals surface area contributed by atoms with E-state index in [9.17, 15) is 29.1 Å². The minimum Gasteiger partial charge on any atom is -0.481 e. The van der Waals surface area contributed by atoms with Gasteiger partial charge in [0.15, 0.2) is 6.10 Å². The smallest absolute Gasteiger partial charge is 0.306 e. The molecule has 12 nitrogen and oxygen atoms in total. The predicted octanol–water partition coefficient (Wildman–Crippen LogP) is 3.67. The molecule has 258 valence electrons. The lowest BCUT2D eigenvalue weighted by Crippen LogP contribution is -2.53. The van der Waals surface area contributed by atoms with Crippen molar-refractivity contribution in [1.29, 1.82) is 0 Å². The molecule has 2 aromatic rings. The molecule has 2 heterocycles. The van der Waals surface area contributed by atoms with E-state index < -0.39 is 42.0 Å². The van der Waals surface area contributed by atoms with Crippen molar-refractivity contribution in [2.24, 2.45) is 11.8 Å². The van der Waals surface area contributed by atoms with Crippen LogP contribution in [0.3, 0.4) is 0 Å². The normalized spacial score (nSPS) is 18.1. The molecule has 0 saturated carbocycles. The molecule has 1 fully saturated rings. The Labute approximate surface area is 281 Å². The van der Waals surface area contributed by atoms with Gasteiger partial charge in [0.1, 0.15) is 16.7 Å². The lowest BCUT2D eigenvalue weighted by Gasteiger charge is -2.35. The van der Waals surface area contributed by atoms with E-state index in [0.717, 1.165) is 24.9 Å². The fourth-order valence-corrected chi connectivity index (χ4v) is 6.84. The van der Waals surface area contributed by atoms with Gasteiger partial charge < -0.3 is 25.4 Å². The van der Waals surface area contributed by atoms with Crippen LogP contribution in [0.4, 0.5) is 0 Å². The van der Waals surface area contributed by atoms with Crippen LogP contribution in [0.2, 0.25) is 0 Å². The van der Waals surface area contributed by atoms with Gasteiger partial charge in [-0.05, 0) is 57.7 Å². The Morgan fingerprint density at radius 3 is 2.34 bits per heavy atom. The van der Waals surface area contributed by atoms with Crippen LogP contribution in [-0.2, 0) is 30.3 Å². The highest BCUT2D eigenvalue weighted by Gasteiger charge is 2.34. The van der Waals surface area contributed by atoms with Crippen LogP contribution in [-0.4, -0.2) is 94.4 Å². The first-order valence-electron chi connectivity index (χ1n) is 16.1. The second kappa shape index (κ2) is 17.4. The highest BCUT2D eigenvalue weighted by atomic mass is 32.1. The van der Waals surface area contributed by atoms with Crippen LogP contribution in [0.1, 0.15) is 87.5 Å². The Bertz CT molecular complexity index is 1380. The number of amides is 3. The number of hydrogen-bond acceptors (Lipinski definition) is 9. The molecular weight excluding hydrogens is 622 g/mol. The van der Waals surface area contributed by atoms with Crippen molar-refractivity contribution >= 4 is 41.0 Å². The average molecular weight is 672 g/mol. The molecule has 1 aromatic heterocycles. The molecule has 47 heavy (non-hydrogen) atoms.